The quantitative estimate of drug-likeness (QED) is 0.863. The minimum atomic E-state index is -0.516. The van der Waals surface area contributed by atoms with Crippen molar-refractivity contribution in [2.75, 3.05) is 11.5 Å². The molecule has 1 atom stereocenters. The zero-order valence-corrected chi connectivity index (χ0v) is 9.25. The third-order valence-corrected chi connectivity index (χ3v) is 3.01. The molecule has 3 nitrogen and oxygen atoms in total. The fourth-order valence-corrected chi connectivity index (χ4v) is 2.08. The van der Waals surface area contributed by atoms with Gasteiger partial charge in [-0.1, -0.05) is 11.6 Å². The summed E-state index contributed by atoms with van der Waals surface area (Å²) in [5.41, 5.74) is 0.535. The predicted octanol–water partition coefficient (Wildman–Crippen LogP) is 1.97. The summed E-state index contributed by atoms with van der Waals surface area (Å²) in [6.45, 7) is -0.0965. The summed E-state index contributed by atoms with van der Waals surface area (Å²) in [6.07, 6.45) is 1.02. The summed E-state index contributed by atoms with van der Waals surface area (Å²) >= 11 is 5.66. The molecule has 1 N–H and O–H groups in total. The van der Waals surface area contributed by atoms with Crippen LogP contribution in [0.1, 0.15) is 12.8 Å². The van der Waals surface area contributed by atoms with Gasteiger partial charge in [0.2, 0.25) is 5.91 Å². The van der Waals surface area contributed by atoms with E-state index < -0.39 is 5.82 Å². The molecule has 16 heavy (non-hydrogen) atoms. The lowest BCUT2D eigenvalue weighted by atomic mass is 10.2. The fourth-order valence-electron chi connectivity index (χ4n) is 1.91. The van der Waals surface area contributed by atoms with E-state index in [9.17, 15) is 9.18 Å². The van der Waals surface area contributed by atoms with Crippen LogP contribution in [0.4, 0.5) is 10.1 Å². The number of nitrogens with zero attached hydrogens (tertiary/aromatic N) is 1. The van der Waals surface area contributed by atoms with Crippen molar-refractivity contribution in [2.24, 2.45) is 0 Å². The highest BCUT2D eigenvalue weighted by Crippen LogP contribution is 2.29. The van der Waals surface area contributed by atoms with E-state index >= 15 is 0 Å². The van der Waals surface area contributed by atoms with Crippen LogP contribution in [0.5, 0.6) is 0 Å². The summed E-state index contributed by atoms with van der Waals surface area (Å²) in [5.74, 6) is -0.584. The molecule has 0 aromatic heterocycles. The van der Waals surface area contributed by atoms with Gasteiger partial charge in [-0.25, -0.2) is 4.39 Å². The first-order valence-corrected chi connectivity index (χ1v) is 5.39. The number of halogens is 2. The molecule has 1 aromatic rings. The van der Waals surface area contributed by atoms with E-state index in [4.69, 9.17) is 16.7 Å². The van der Waals surface area contributed by atoms with E-state index in [0.717, 1.165) is 0 Å². The Morgan fingerprint density at radius 1 is 1.56 bits per heavy atom. The number of carbonyl (C=O) groups excluding carboxylic acids is 1. The van der Waals surface area contributed by atoms with Crippen LogP contribution in [0.3, 0.4) is 0 Å². The second-order valence-electron chi connectivity index (χ2n) is 3.74. The minimum absolute atomic E-state index is 0.0195. The molecule has 1 heterocycles. The number of carbonyl (C=O) groups is 1. The van der Waals surface area contributed by atoms with Gasteiger partial charge in [-0.15, -0.1) is 0 Å². The van der Waals surface area contributed by atoms with E-state index in [-0.39, 0.29) is 23.6 Å². The maximum atomic E-state index is 13.0. The average Bonchev–Trinajstić information content (AvgIpc) is 2.64. The molecule has 86 valence electrons. The number of rotatable bonds is 2. The molecule has 1 aromatic carbocycles. The smallest absolute Gasteiger partial charge is 0.227 e. The maximum Gasteiger partial charge on any atom is 0.227 e. The monoisotopic (exact) mass is 243 g/mol. The second kappa shape index (κ2) is 4.39. The van der Waals surface area contributed by atoms with E-state index in [1.54, 1.807) is 0 Å². The minimum Gasteiger partial charge on any atom is -0.394 e. The number of hydrogen-bond donors (Lipinski definition) is 1. The van der Waals surface area contributed by atoms with Gasteiger partial charge in [0.05, 0.1) is 17.7 Å². The molecule has 1 unspecified atom stereocenters. The molecule has 1 amide bonds. The molecule has 1 fully saturated rings. The lowest BCUT2D eigenvalue weighted by Crippen LogP contribution is -2.35. The molecule has 2 rings (SSSR count). The van der Waals surface area contributed by atoms with Gasteiger partial charge < -0.3 is 10.0 Å². The van der Waals surface area contributed by atoms with Gasteiger partial charge in [-0.05, 0) is 24.6 Å². The number of hydrogen-bond acceptors (Lipinski definition) is 2. The number of anilines is 1. The van der Waals surface area contributed by atoms with Crippen molar-refractivity contribution in [3.8, 4) is 0 Å². The molecule has 1 saturated heterocycles. The molecule has 1 aliphatic rings. The molecule has 0 aliphatic carbocycles. The molecule has 0 saturated carbocycles. The first-order valence-electron chi connectivity index (χ1n) is 5.01. The SMILES string of the molecule is O=C1CCC(CO)N1c1ccc(F)c(Cl)c1. The number of aliphatic hydroxyl groups excluding tert-OH is 1. The molecule has 0 bridgehead atoms. The first-order chi connectivity index (χ1) is 7.63. The molecule has 5 heteroatoms. The second-order valence-corrected chi connectivity index (χ2v) is 4.14. The Labute approximate surface area is 97.4 Å². The third-order valence-electron chi connectivity index (χ3n) is 2.72. The van der Waals surface area contributed by atoms with Crippen LogP contribution < -0.4 is 4.90 Å². The highest BCUT2D eigenvalue weighted by molar-refractivity contribution is 6.31. The summed E-state index contributed by atoms with van der Waals surface area (Å²) in [7, 11) is 0. The molecular formula is C11H11ClFNO2. The Hall–Kier alpha value is -1.13. The standard InChI is InChI=1S/C11H11ClFNO2/c12-9-5-7(1-3-10(9)13)14-8(6-15)2-4-11(14)16/h1,3,5,8,15H,2,4,6H2. The van der Waals surface area contributed by atoms with Gasteiger partial charge in [0.25, 0.3) is 0 Å². The molecule has 0 spiro atoms. The van der Waals surface area contributed by atoms with Crippen LogP contribution in [-0.4, -0.2) is 23.7 Å². The largest absolute Gasteiger partial charge is 0.394 e. The van der Waals surface area contributed by atoms with Crippen LogP contribution in [0, 0.1) is 5.82 Å². The van der Waals surface area contributed by atoms with Crippen LogP contribution in [-0.2, 0) is 4.79 Å². The third kappa shape index (κ3) is 1.90. The molecule has 1 aliphatic heterocycles. The van der Waals surface area contributed by atoms with Gasteiger partial charge in [0.15, 0.2) is 0 Å². The van der Waals surface area contributed by atoms with Gasteiger partial charge in [0.1, 0.15) is 5.82 Å². The van der Waals surface area contributed by atoms with Gasteiger partial charge >= 0.3 is 0 Å². The predicted molar refractivity (Wildman–Crippen MR) is 59.0 cm³/mol. The number of benzene rings is 1. The van der Waals surface area contributed by atoms with E-state index in [2.05, 4.69) is 0 Å². The number of aliphatic hydroxyl groups is 1. The lowest BCUT2D eigenvalue weighted by molar-refractivity contribution is -0.117. The van der Waals surface area contributed by atoms with Crippen LogP contribution in [0.15, 0.2) is 18.2 Å². The van der Waals surface area contributed by atoms with Gasteiger partial charge in [-0.2, -0.15) is 0 Å². The van der Waals surface area contributed by atoms with Crippen LogP contribution in [0.2, 0.25) is 5.02 Å². The Morgan fingerprint density at radius 2 is 2.31 bits per heavy atom. The van der Waals surface area contributed by atoms with E-state index in [0.29, 0.717) is 18.5 Å². The van der Waals surface area contributed by atoms with E-state index in [1.165, 1.54) is 23.1 Å². The Balaban J connectivity index is 2.35. The number of amides is 1. The van der Waals surface area contributed by atoms with Crippen molar-refractivity contribution >= 4 is 23.2 Å². The zero-order valence-electron chi connectivity index (χ0n) is 8.49. The molecular weight excluding hydrogens is 233 g/mol. The van der Waals surface area contributed by atoms with Crippen molar-refractivity contribution in [3.63, 3.8) is 0 Å². The maximum absolute atomic E-state index is 13.0. The van der Waals surface area contributed by atoms with Gasteiger partial charge in [0, 0.05) is 12.1 Å². The topological polar surface area (TPSA) is 40.5 Å². The highest BCUT2D eigenvalue weighted by atomic mass is 35.5. The summed E-state index contributed by atoms with van der Waals surface area (Å²) < 4.78 is 13.0. The summed E-state index contributed by atoms with van der Waals surface area (Å²) in [5, 5.41) is 9.12. The average molecular weight is 244 g/mol. The van der Waals surface area contributed by atoms with E-state index in [1.807, 2.05) is 0 Å². The Morgan fingerprint density at radius 3 is 2.94 bits per heavy atom. The highest BCUT2D eigenvalue weighted by Gasteiger charge is 2.31. The Bertz CT molecular complexity index is 424. The van der Waals surface area contributed by atoms with Crippen LogP contribution >= 0.6 is 11.6 Å². The zero-order chi connectivity index (χ0) is 11.7. The summed E-state index contributed by atoms with van der Waals surface area (Å²) in [4.78, 5) is 13.1. The fraction of sp³-hybridized carbons (Fsp3) is 0.364. The Kier molecular flexibility index (Phi) is 3.12. The lowest BCUT2D eigenvalue weighted by Gasteiger charge is -2.23. The van der Waals surface area contributed by atoms with Crippen molar-refractivity contribution in [1.82, 2.24) is 0 Å². The van der Waals surface area contributed by atoms with Crippen molar-refractivity contribution in [3.05, 3.63) is 29.0 Å². The normalized spacial score (nSPS) is 20.6. The van der Waals surface area contributed by atoms with Crippen molar-refractivity contribution in [1.29, 1.82) is 0 Å². The van der Waals surface area contributed by atoms with Crippen LogP contribution in [0.25, 0.3) is 0 Å². The van der Waals surface area contributed by atoms with Gasteiger partial charge in [-0.3, -0.25) is 4.79 Å². The van der Waals surface area contributed by atoms with Crippen molar-refractivity contribution < 1.29 is 14.3 Å². The summed E-state index contributed by atoms with van der Waals surface area (Å²) in [6, 6.07) is 3.89. The van der Waals surface area contributed by atoms with Crippen molar-refractivity contribution in [2.45, 2.75) is 18.9 Å². The first kappa shape index (κ1) is 11.4. The molecule has 0 radical (unpaired) electrons.